The third-order valence-corrected chi connectivity index (χ3v) is 1.70. The molecule has 0 aliphatic carbocycles. The summed E-state index contributed by atoms with van der Waals surface area (Å²) in [7, 11) is 0. The van der Waals surface area contributed by atoms with Gasteiger partial charge in [-0.15, -0.1) is 0 Å². The molecule has 2 heteroatoms. The van der Waals surface area contributed by atoms with Crippen molar-refractivity contribution in [3.63, 3.8) is 0 Å². The summed E-state index contributed by atoms with van der Waals surface area (Å²) in [6.07, 6.45) is 4.89. The SMILES string of the molecule is CC(C)C(C)/C=C\N=CCF. The Hall–Kier alpha value is -0.660. The number of aliphatic imine (C=N–C) groups is 1. The number of halogens is 1. The first kappa shape index (κ1) is 10.3. The summed E-state index contributed by atoms with van der Waals surface area (Å²) < 4.78 is 11.5. The monoisotopic (exact) mass is 157 g/mol. The van der Waals surface area contributed by atoms with Gasteiger partial charge in [0.1, 0.15) is 6.67 Å². The third-order valence-electron chi connectivity index (χ3n) is 1.70. The maximum atomic E-state index is 11.5. The van der Waals surface area contributed by atoms with E-state index in [1.165, 1.54) is 6.21 Å². The first-order valence-corrected chi connectivity index (χ1v) is 3.92. The normalized spacial score (nSPS) is 15.4. The maximum Gasteiger partial charge on any atom is 0.125 e. The van der Waals surface area contributed by atoms with Crippen LogP contribution < -0.4 is 0 Å². The van der Waals surface area contributed by atoms with Gasteiger partial charge in [-0.25, -0.2) is 4.39 Å². The van der Waals surface area contributed by atoms with Gasteiger partial charge < -0.3 is 0 Å². The maximum absolute atomic E-state index is 11.5. The van der Waals surface area contributed by atoms with Crippen LogP contribution in [0.25, 0.3) is 0 Å². The summed E-state index contributed by atoms with van der Waals surface area (Å²) in [4.78, 5) is 3.73. The minimum Gasteiger partial charge on any atom is -0.267 e. The van der Waals surface area contributed by atoms with Crippen LogP contribution in [0.1, 0.15) is 20.8 Å². The molecular formula is C9H16FN. The molecule has 0 aliphatic heterocycles. The summed E-state index contributed by atoms with van der Waals surface area (Å²) in [6.45, 7) is 5.92. The van der Waals surface area contributed by atoms with Crippen molar-refractivity contribution >= 4 is 6.21 Å². The van der Waals surface area contributed by atoms with E-state index in [0.29, 0.717) is 11.8 Å². The summed E-state index contributed by atoms with van der Waals surface area (Å²) in [5, 5.41) is 0. The van der Waals surface area contributed by atoms with Gasteiger partial charge in [0.15, 0.2) is 0 Å². The lowest BCUT2D eigenvalue weighted by Crippen LogP contribution is -1.98. The van der Waals surface area contributed by atoms with Crippen molar-refractivity contribution in [3.05, 3.63) is 12.3 Å². The molecule has 11 heavy (non-hydrogen) atoms. The molecular weight excluding hydrogens is 141 g/mol. The van der Waals surface area contributed by atoms with Crippen molar-refractivity contribution in [1.82, 2.24) is 0 Å². The van der Waals surface area contributed by atoms with E-state index in [9.17, 15) is 4.39 Å². The molecule has 0 aromatic heterocycles. The quantitative estimate of drug-likeness (QED) is 0.556. The smallest absolute Gasteiger partial charge is 0.125 e. The lowest BCUT2D eigenvalue weighted by Gasteiger charge is -2.08. The molecule has 1 unspecified atom stereocenters. The highest BCUT2D eigenvalue weighted by molar-refractivity contribution is 5.58. The van der Waals surface area contributed by atoms with Gasteiger partial charge >= 0.3 is 0 Å². The van der Waals surface area contributed by atoms with Crippen LogP contribution in [0.5, 0.6) is 0 Å². The highest BCUT2D eigenvalue weighted by Gasteiger charge is 2.00. The Bertz CT molecular complexity index is 138. The number of rotatable bonds is 4. The van der Waals surface area contributed by atoms with E-state index in [2.05, 4.69) is 25.8 Å². The highest BCUT2D eigenvalue weighted by Crippen LogP contribution is 2.10. The molecule has 0 aliphatic rings. The fraction of sp³-hybridized carbons (Fsp3) is 0.667. The van der Waals surface area contributed by atoms with Gasteiger partial charge in [-0.1, -0.05) is 26.8 Å². The fourth-order valence-electron chi connectivity index (χ4n) is 0.508. The average molecular weight is 157 g/mol. The van der Waals surface area contributed by atoms with E-state index in [4.69, 9.17) is 0 Å². The predicted molar refractivity (Wildman–Crippen MR) is 47.6 cm³/mol. The van der Waals surface area contributed by atoms with Gasteiger partial charge in [-0.05, 0) is 11.8 Å². The molecule has 0 heterocycles. The minimum absolute atomic E-state index is 0.486. The molecule has 0 amide bonds. The first-order chi connectivity index (χ1) is 5.18. The molecule has 0 aromatic carbocycles. The summed E-state index contributed by atoms with van der Waals surface area (Å²) >= 11 is 0. The second-order valence-electron chi connectivity index (χ2n) is 2.93. The minimum atomic E-state index is -0.486. The van der Waals surface area contributed by atoms with Crippen molar-refractivity contribution in [1.29, 1.82) is 0 Å². The zero-order valence-corrected chi connectivity index (χ0v) is 7.42. The Kier molecular flexibility index (Phi) is 5.71. The van der Waals surface area contributed by atoms with Crippen LogP contribution in [0, 0.1) is 11.8 Å². The van der Waals surface area contributed by atoms with Crippen LogP contribution in [-0.4, -0.2) is 12.9 Å². The van der Waals surface area contributed by atoms with E-state index < -0.39 is 6.67 Å². The average Bonchev–Trinajstić information content (AvgIpc) is 1.97. The largest absolute Gasteiger partial charge is 0.267 e. The van der Waals surface area contributed by atoms with E-state index in [0.717, 1.165) is 0 Å². The number of alkyl halides is 1. The van der Waals surface area contributed by atoms with E-state index >= 15 is 0 Å². The van der Waals surface area contributed by atoms with E-state index in [1.807, 2.05) is 6.08 Å². The highest BCUT2D eigenvalue weighted by atomic mass is 19.1. The molecule has 0 N–H and O–H groups in total. The van der Waals surface area contributed by atoms with Gasteiger partial charge in [-0.3, -0.25) is 4.99 Å². The third kappa shape index (κ3) is 5.77. The molecule has 0 bridgehead atoms. The van der Waals surface area contributed by atoms with Gasteiger partial charge in [0, 0.05) is 12.4 Å². The molecule has 0 spiro atoms. The second kappa shape index (κ2) is 6.08. The van der Waals surface area contributed by atoms with Crippen LogP contribution >= 0.6 is 0 Å². The van der Waals surface area contributed by atoms with Crippen LogP contribution in [0.3, 0.4) is 0 Å². The second-order valence-corrected chi connectivity index (χ2v) is 2.93. The van der Waals surface area contributed by atoms with Gasteiger partial charge in [0.05, 0.1) is 0 Å². The molecule has 0 radical (unpaired) electrons. The molecule has 0 fully saturated rings. The van der Waals surface area contributed by atoms with Crippen molar-refractivity contribution in [2.24, 2.45) is 16.8 Å². The fourth-order valence-corrected chi connectivity index (χ4v) is 0.508. The molecule has 1 atom stereocenters. The summed E-state index contributed by atoms with van der Waals surface area (Å²) in [6, 6.07) is 0. The van der Waals surface area contributed by atoms with Crippen LogP contribution in [-0.2, 0) is 0 Å². The van der Waals surface area contributed by atoms with Crippen molar-refractivity contribution in [3.8, 4) is 0 Å². The Morgan fingerprint density at radius 3 is 2.45 bits per heavy atom. The van der Waals surface area contributed by atoms with Crippen molar-refractivity contribution in [2.75, 3.05) is 6.67 Å². The standard InChI is InChI=1S/C9H16FN/c1-8(2)9(3)4-6-11-7-5-10/h4,6-9H,5H2,1-3H3/b6-4-,11-7?. The molecule has 0 aromatic rings. The van der Waals surface area contributed by atoms with Gasteiger partial charge in [0.2, 0.25) is 0 Å². The van der Waals surface area contributed by atoms with Gasteiger partial charge in [-0.2, -0.15) is 0 Å². The molecule has 1 nitrogen and oxygen atoms in total. The zero-order chi connectivity index (χ0) is 8.69. The Morgan fingerprint density at radius 2 is 2.00 bits per heavy atom. The van der Waals surface area contributed by atoms with Crippen molar-refractivity contribution < 1.29 is 4.39 Å². The summed E-state index contributed by atoms with van der Waals surface area (Å²) in [5.41, 5.74) is 0. The topological polar surface area (TPSA) is 12.4 Å². The lowest BCUT2D eigenvalue weighted by molar-refractivity contribution is 0.503. The van der Waals surface area contributed by atoms with Gasteiger partial charge in [0.25, 0.3) is 0 Å². The molecule has 0 rings (SSSR count). The summed E-state index contributed by atoms with van der Waals surface area (Å²) in [5.74, 6) is 1.12. The zero-order valence-electron chi connectivity index (χ0n) is 7.42. The molecule has 0 saturated carbocycles. The molecule has 0 saturated heterocycles. The Morgan fingerprint density at radius 1 is 1.36 bits per heavy atom. The lowest BCUT2D eigenvalue weighted by atomic mass is 9.98. The number of hydrogen-bond donors (Lipinski definition) is 0. The van der Waals surface area contributed by atoms with Crippen LogP contribution in [0.15, 0.2) is 17.3 Å². The van der Waals surface area contributed by atoms with E-state index in [1.54, 1.807) is 6.20 Å². The number of nitrogens with zero attached hydrogens (tertiary/aromatic N) is 1. The van der Waals surface area contributed by atoms with E-state index in [-0.39, 0.29) is 0 Å². The van der Waals surface area contributed by atoms with Crippen molar-refractivity contribution in [2.45, 2.75) is 20.8 Å². The van der Waals surface area contributed by atoms with Crippen LogP contribution in [0.4, 0.5) is 4.39 Å². The Labute approximate surface area is 68.0 Å². The predicted octanol–water partition coefficient (Wildman–Crippen LogP) is 2.83. The first-order valence-electron chi connectivity index (χ1n) is 3.92. The number of allylic oxidation sites excluding steroid dienone is 1. The number of hydrogen-bond acceptors (Lipinski definition) is 1. The molecule has 64 valence electrons. The van der Waals surface area contributed by atoms with Crippen LogP contribution in [0.2, 0.25) is 0 Å². The Balaban J connectivity index is 3.64.